The smallest absolute Gasteiger partial charge is 0.247 e. The molecule has 2 aliphatic rings. The minimum Gasteiger partial charge on any atom is -0.311 e. The zero-order valence-electron chi connectivity index (χ0n) is 21.1. The minimum atomic E-state index is -0.0826. The molecule has 0 unspecified atom stereocenters. The van der Waals surface area contributed by atoms with Gasteiger partial charge in [-0.1, -0.05) is 129 Å². The van der Waals surface area contributed by atoms with Gasteiger partial charge in [-0.25, -0.2) is 0 Å². The van der Waals surface area contributed by atoms with Crippen molar-refractivity contribution < 1.29 is 0 Å². The van der Waals surface area contributed by atoms with Crippen molar-refractivity contribution >= 4 is 61.7 Å². The summed E-state index contributed by atoms with van der Waals surface area (Å²) in [4.78, 5) is 2.53. The van der Waals surface area contributed by atoms with Crippen molar-refractivity contribution in [3.8, 4) is 0 Å². The summed E-state index contributed by atoms with van der Waals surface area (Å²) in [5.74, 6) is 0. The lowest BCUT2D eigenvalue weighted by atomic mass is 9.34. The summed E-state index contributed by atoms with van der Waals surface area (Å²) >= 11 is 0. The van der Waals surface area contributed by atoms with E-state index in [0.29, 0.717) is 0 Å². The van der Waals surface area contributed by atoms with Gasteiger partial charge < -0.3 is 4.90 Å². The van der Waals surface area contributed by atoms with Crippen LogP contribution < -0.4 is 21.3 Å². The van der Waals surface area contributed by atoms with Crippen LogP contribution in [-0.4, -0.2) is 6.71 Å². The Balaban J connectivity index is 1.52. The van der Waals surface area contributed by atoms with Gasteiger partial charge in [-0.2, -0.15) is 0 Å². The van der Waals surface area contributed by atoms with E-state index in [1.165, 1.54) is 66.1 Å². The highest BCUT2D eigenvalue weighted by Crippen LogP contribution is 2.51. The van der Waals surface area contributed by atoms with Gasteiger partial charge >= 0.3 is 0 Å². The van der Waals surface area contributed by atoms with Gasteiger partial charge in [-0.3, -0.25) is 0 Å². The number of hydrogen-bond donors (Lipinski definition) is 0. The van der Waals surface area contributed by atoms with E-state index >= 15 is 0 Å². The van der Waals surface area contributed by atoms with Crippen molar-refractivity contribution in [1.29, 1.82) is 0 Å². The summed E-state index contributed by atoms with van der Waals surface area (Å²) in [6.45, 7) is 4.90. The first kappa shape index (κ1) is 20.9. The summed E-state index contributed by atoms with van der Waals surface area (Å²) in [5.41, 5.74) is 10.8. The molecule has 6 aromatic carbocycles. The van der Waals surface area contributed by atoms with Gasteiger partial charge in [0.15, 0.2) is 0 Å². The first-order valence-electron chi connectivity index (χ1n) is 13.2. The Morgan fingerprint density at radius 3 is 2.00 bits per heavy atom. The fourth-order valence-electron chi connectivity index (χ4n) is 7.02. The fraction of sp³-hybridized carbons (Fsp3) is 0.0857. The zero-order chi connectivity index (χ0) is 24.7. The monoisotopic (exact) mass is 471 g/mol. The maximum absolute atomic E-state index is 2.53. The molecule has 0 aliphatic carbocycles. The molecule has 1 nitrogen and oxygen atoms in total. The van der Waals surface area contributed by atoms with Crippen molar-refractivity contribution in [3.63, 3.8) is 0 Å². The predicted molar refractivity (Wildman–Crippen MR) is 159 cm³/mol. The van der Waals surface area contributed by atoms with E-state index in [1.54, 1.807) is 0 Å². The molecule has 0 saturated carbocycles. The topological polar surface area (TPSA) is 3.24 Å². The molecule has 0 saturated heterocycles. The Bertz CT molecular complexity index is 1880. The molecule has 0 N–H and O–H groups in total. The van der Waals surface area contributed by atoms with Crippen molar-refractivity contribution in [2.24, 2.45) is 0 Å². The van der Waals surface area contributed by atoms with Crippen LogP contribution in [0.3, 0.4) is 0 Å². The van der Waals surface area contributed by atoms with Crippen LogP contribution >= 0.6 is 0 Å². The Hall–Kier alpha value is -4.30. The second-order valence-corrected chi connectivity index (χ2v) is 10.9. The average molecular weight is 471 g/mol. The van der Waals surface area contributed by atoms with Crippen LogP contribution in [0, 0.1) is 0 Å². The molecule has 0 fully saturated rings. The van der Waals surface area contributed by atoms with Gasteiger partial charge in [0.25, 0.3) is 0 Å². The van der Waals surface area contributed by atoms with Crippen LogP contribution in [-0.2, 0) is 5.41 Å². The fourth-order valence-corrected chi connectivity index (χ4v) is 7.02. The van der Waals surface area contributed by atoms with Crippen molar-refractivity contribution in [2.45, 2.75) is 19.3 Å². The van der Waals surface area contributed by atoms with Gasteiger partial charge in [0.2, 0.25) is 6.71 Å². The molecular weight excluding hydrogens is 445 g/mol. The standard InChI is InChI=1S/C35H26BN/c1-35(2)27-16-7-9-20-32(27)37-33-21-10-8-18-29(33)36(30-19-11-17-28(35)34(30)37)31-22-23-12-3-4-13-24(23)25-14-5-6-15-26(25)31/h3-22H,1-2H3. The maximum Gasteiger partial charge on any atom is 0.247 e. The van der Waals surface area contributed by atoms with E-state index in [0.717, 1.165) is 0 Å². The SMILES string of the molecule is CC1(C)c2ccccc2N2c3ccccc3B(c3cc4ccccc4c4ccccc34)c3cccc1c32. The van der Waals surface area contributed by atoms with E-state index in [4.69, 9.17) is 0 Å². The third-order valence-electron chi connectivity index (χ3n) is 8.69. The Kier molecular flexibility index (Phi) is 4.15. The number of benzene rings is 6. The summed E-state index contributed by atoms with van der Waals surface area (Å²) in [6.07, 6.45) is 0. The predicted octanol–water partition coefficient (Wildman–Crippen LogP) is 6.93. The number of hydrogen-bond acceptors (Lipinski definition) is 1. The molecule has 37 heavy (non-hydrogen) atoms. The third kappa shape index (κ3) is 2.70. The van der Waals surface area contributed by atoms with Gasteiger partial charge in [0, 0.05) is 16.8 Å². The summed E-state index contributed by atoms with van der Waals surface area (Å²) in [5, 5.41) is 5.28. The molecule has 174 valence electrons. The molecule has 0 spiro atoms. The Morgan fingerprint density at radius 2 is 1.14 bits per heavy atom. The molecule has 0 bridgehead atoms. The van der Waals surface area contributed by atoms with E-state index in [-0.39, 0.29) is 12.1 Å². The van der Waals surface area contributed by atoms with E-state index in [9.17, 15) is 0 Å². The zero-order valence-corrected chi connectivity index (χ0v) is 21.1. The highest BCUT2D eigenvalue weighted by molar-refractivity contribution is 6.99. The summed E-state index contributed by atoms with van der Waals surface area (Å²) in [7, 11) is 0. The second-order valence-electron chi connectivity index (χ2n) is 10.9. The molecule has 0 aromatic heterocycles. The number of anilines is 3. The molecule has 0 amide bonds. The summed E-state index contributed by atoms with van der Waals surface area (Å²) < 4.78 is 0. The van der Waals surface area contributed by atoms with E-state index in [2.05, 4.69) is 140 Å². The van der Waals surface area contributed by atoms with Gasteiger partial charge in [-0.15, -0.1) is 0 Å². The molecule has 6 aromatic rings. The first-order chi connectivity index (χ1) is 18.1. The number of fused-ring (bicyclic) bond motifs is 7. The van der Waals surface area contributed by atoms with Gasteiger partial charge in [0.1, 0.15) is 0 Å². The minimum absolute atomic E-state index is 0.0826. The highest BCUT2D eigenvalue weighted by atomic mass is 15.2. The quantitative estimate of drug-likeness (QED) is 0.185. The highest BCUT2D eigenvalue weighted by Gasteiger charge is 2.44. The molecule has 2 heterocycles. The molecule has 0 atom stereocenters. The van der Waals surface area contributed by atoms with Crippen LogP contribution in [0.2, 0.25) is 0 Å². The maximum atomic E-state index is 2.53. The molecule has 2 aliphatic heterocycles. The van der Waals surface area contributed by atoms with Crippen molar-refractivity contribution in [1.82, 2.24) is 0 Å². The number of rotatable bonds is 1. The average Bonchev–Trinajstić information content (AvgIpc) is 2.95. The van der Waals surface area contributed by atoms with Crippen LogP contribution in [0.15, 0.2) is 121 Å². The van der Waals surface area contributed by atoms with Crippen molar-refractivity contribution in [2.75, 3.05) is 4.90 Å². The molecule has 0 radical (unpaired) electrons. The van der Waals surface area contributed by atoms with Crippen LogP contribution in [0.4, 0.5) is 17.1 Å². The van der Waals surface area contributed by atoms with Crippen LogP contribution in [0.1, 0.15) is 25.0 Å². The largest absolute Gasteiger partial charge is 0.311 e. The third-order valence-corrected chi connectivity index (χ3v) is 8.69. The Labute approximate surface area is 218 Å². The second kappa shape index (κ2) is 7.37. The van der Waals surface area contributed by atoms with Crippen molar-refractivity contribution in [3.05, 3.63) is 132 Å². The summed E-state index contributed by atoms with van der Waals surface area (Å²) in [6, 6.07) is 45.1. The first-order valence-corrected chi connectivity index (χ1v) is 13.2. The lowest BCUT2D eigenvalue weighted by molar-refractivity contribution is 0.632. The lowest BCUT2D eigenvalue weighted by Gasteiger charge is -2.47. The normalized spacial score (nSPS) is 14.9. The molecule has 8 rings (SSSR count). The van der Waals surface area contributed by atoms with Crippen LogP contribution in [0.25, 0.3) is 21.5 Å². The molecular formula is C35H26BN. The number of para-hydroxylation sites is 3. The lowest BCUT2D eigenvalue weighted by Crippen LogP contribution is -2.58. The van der Waals surface area contributed by atoms with E-state index in [1.807, 2.05) is 0 Å². The number of nitrogens with zero attached hydrogens (tertiary/aromatic N) is 1. The van der Waals surface area contributed by atoms with Gasteiger partial charge in [-0.05, 0) is 55.7 Å². The van der Waals surface area contributed by atoms with Crippen LogP contribution in [0.5, 0.6) is 0 Å². The van der Waals surface area contributed by atoms with Gasteiger partial charge in [0.05, 0.1) is 5.69 Å². The molecule has 2 heteroatoms. The Morgan fingerprint density at radius 1 is 0.514 bits per heavy atom. The van der Waals surface area contributed by atoms with E-state index < -0.39 is 0 Å².